The molecule has 0 aromatic carbocycles. The normalized spacial score (nSPS) is 26.6. The van der Waals surface area contributed by atoms with Crippen LogP contribution in [0.25, 0.3) is 0 Å². The molecule has 2 saturated heterocycles. The van der Waals surface area contributed by atoms with Crippen molar-refractivity contribution in [3.8, 4) is 0 Å². The highest BCUT2D eigenvalue weighted by Gasteiger charge is 2.42. The molecular formula is C19H28N2O3S. The second kappa shape index (κ2) is 6.99. The minimum atomic E-state index is -0.176. The van der Waals surface area contributed by atoms with Gasteiger partial charge in [-0.15, -0.1) is 11.3 Å². The third-order valence-electron chi connectivity index (χ3n) is 6.08. The van der Waals surface area contributed by atoms with Gasteiger partial charge in [0.05, 0.1) is 17.1 Å². The molecule has 138 valence electrons. The van der Waals surface area contributed by atoms with E-state index in [1.165, 1.54) is 10.4 Å². The smallest absolute Gasteiger partial charge is 0.263 e. The van der Waals surface area contributed by atoms with Gasteiger partial charge >= 0.3 is 0 Å². The SMILES string of the molecule is CN1CCC2(CC1)OCCc1sc(C(=O)N3CCCC(CO)C3)cc12. The number of carbonyl (C=O) groups is 1. The molecule has 2 fully saturated rings. The molecule has 4 heterocycles. The first kappa shape index (κ1) is 17.5. The fourth-order valence-electron chi connectivity index (χ4n) is 4.47. The summed E-state index contributed by atoms with van der Waals surface area (Å²) in [6.45, 7) is 4.52. The summed E-state index contributed by atoms with van der Waals surface area (Å²) in [6, 6.07) is 2.12. The average molecular weight is 365 g/mol. The van der Waals surface area contributed by atoms with E-state index in [4.69, 9.17) is 4.74 Å². The molecule has 1 amide bonds. The maximum Gasteiger partial charge on any atom is 0.263 e. The maximum absolute atomic E-state index is 13.0. The second-order valence-electron chi connectivity index (χ2n) is 7.79. The summed E-state index contributed by atoms with van der Waals surface area (Å²) in [5.74, 6) is 0.372. The fraction of sp³-hybridized carbons (Fsp3) is 0.737. The predicted molar refractivity (Wildman–Crippen MR) is 98.1 cm³/mol. The van der Waals surface area contributed by atoms with Crippen LogP contribution in [0.4, 0.5) is 0 Å². The Morgan fingerprint density at radius 2 is 2.20 bits per heavy atom. The Labute approximate surface area is 153 Å². The van der Waals surface area contributed by atoms with Crippen LogP contribution in [0.2, 0.25) is 0 Å². The van der Waals surface area contributed by atoms with Crippen molar-refractivity contribution in [3.05, 3.63) is 21.4 Å². The number of piperidine rings is 2. The summed E-state index contributed by atoms with van der Waals surface area (Å²) in [5.41, 5.74) is 1.10. The molecule has 3 aliphatic rings. The number of amides is 1. The highest BCUT2D eigenvalue weighted by molar-refractivity contribution is 7.14. The lowest BCUT2D eigenvalue weighted by Gasteiger charge is -2.43. The van der Waals surface area contributed by atoms with Gasteiger partial charge in [-0.2, -0.15) is 0 Å². The molecule has 3 aliphatic heterocycles. The summed E-state index contributed by atoms with van der Waals surface area (Å²) < 4.78 is 6.28. The number of aliphatic hydroxyl groups excluding tert-OH is 1. The lowest BCUT2D eigenvalue weighted by atomic mass is 9.82. The van der Waals surface area contributed by atoms with Crippen molar-refractivity contribution in [1.29, 1.82) is 0 Å². The van der Waals surface area contributed by atoms with Crippen LogP contribution < -0.4 is 0 Å². The number of carbonyl (C=O) groups excluding carboxylic acids is 1. The highest BCUT2D eigenvalue weighted by atomic mass is 32.1. The van der Waals surface area contributed by atoms with E-state index in [1.807, 2.05) is 4.90 Å². The minimum Gasteiger partial charge on any atom is -0.396 e. The van der Waals surface area contributed by atoms with Crippen molar-refractivity contribution < 1.29 is 14.6 Å². The van der Waals surface area contributed by atoms with Crippen molar-refractivity contribution in [2.75, 3.05) is 46.4 Å². The number of ether oxygens (including phenoxy) is 1. The maximum atomic E-state index is 13.0. The molecular weight excluding hydrogens is 336 g/mol. The molecule has 4 rings (SSSR count). The molecule has 0 aliphatic carbocycles. The van der Waals surface area contributed by atoms with E-state index in [2.05, 4.69) is 18.0 Å². The van der Waals surface area contributed by atoms with Gasteiger partial charge in [-0.1, -0.05) is 0 Å². The lowest BCUT2D eigenvalue weighted by molar-refractivity contribution is -0.0942. The number of rotatable bonds is 2. The van der Waals surface area contributed by atoms with Crippen molar-refractivity contribution in [1.82, 2.24) is 9.80 Å². The predicted octanol–water partition coefficient (Wildman–Crippen LogP) is 2.09. The van der Waals surface area contributed by atoms with Gasteiger partial charge in [-0.3, -0.25) is 4.79 Å². The Hall–Kier alpha value is -0.950. The zero-order chi connectivity index (χ0) is 17.4. The van der Waals surface area contributed by atoms with E-state index in [9.17, 15) is 9.90 Å². The molecule has 0 saturated carbocycles. The average Bonchev–Trinajstić information content (AvgIpc) is 3.09. The molecule has 1 unspecified atom stereocenters. The number of hydrogen-bond acceptors (Lipinski definition) is 5. The van der Waals surface area contributed by atoms with Crippen LogP contribution in [0.15, 0.2) is 6.07 Å². The molecule has 5 nitrogen and oxygen atoms in total. The Kier molecular flexibility index (Phi) is 4.88. The Morgan fingerprint density at radius 1 is 1.40 bits per heavy atom. The molecule has 1 spiro atoms. The number of aliphatic hydroxyl groups is 1. The van der Waals surface area contributed by atoms with Crippen molar-refractivity contribution in [2.45, 2.75) is 37.7 Å². The molecule has 25 heavy (non-hydrogen) atoms. The lowest BCUT2D eigenvalue weighted by Crippen LogP contribution is -2.44. The summed E-state index contributed by atoms with van der Waals surface area (Å²) in [7, 11) is 2.16. The number of likely N-dealkylation sites (tertiary alicyclic amines) is 2. The largest absolute Gasteiger partial charge is 0.396 e. The molecule has 1 aromatic heterocycles. The van der Waals surface area contributed by atoms with Gasteiger partial charge in [0.1, 0.15) is 0 Å². The Bertz CT molecular complexity index is 637. The van der Waals surface area contributed by atoms with Gasteiger partial charge in [0.25, 0.3) is 5.91 Å². The van der Waals surface area contributed by atoms with E-state index in [-0.39, 0.29) is 24.0 Å². The van der Waals surface area contributed by atoms with Crippen LogP contribution in [-0.4, -0.2) is 67.3 Å². The van der Waals surface area contributed by atoms with E-state index >= 15 is 0 Å². The Balaban J connectivity index is 1.57. The van der Waals surface area contributed by atoms with Crippen LogP contribution in [-0.2, 0) is 16.8 Å². The van der Waals surface area contributed by atoms with Gasteiger partial charge in [-0.25, -0.2) is 0 Å². The number of fused-ring (bicyclic) bond motifs is 2. The van der Waals surface area contributed by atoms with Gasteiger partial charge in [0.2, 0.25) is 0 Å². The second-order valence-corrected chi connectivity index (χ2v) is 8.92. The first-order chi connectivity index (χ1) is 12.1. The zero-order valence-corrected chi connectivity index (χ0v) is 15.8. The van der Waals surface area contributed by atoms with E-state index in [0.717, 1.165) is 63.2 Å². The fourth-order valence-corrected chi connectivity index (χ4v) is 5.67. The van der Waals surface area contributed by atoms with E-state index < -0.39 is 0 Å². The highest BCUT2D eigenvalue weighted by Crippen LogP contribution is 2.44. The summed E-state index contributed by atoms with van der Waals surface area (Å²) in [4.78, 5) is 19.5. The van der Waals surface area contributed by atoms with Crippen LogP contribution in [0.5, 0.6) is 0 Å². The van der Waals surface area contributed by atoms with Crippen LogP contribution >= 0.6 is 11.3 Å². The number of nitrogens with zero attached hydrogens (tertiary/aromatic N) is 2. The minimum absolute atomic E-state index is 0.139. The number of thiophene rings is 1. The van der Waals surface area contributed by atoms with Crippen LogP contribution in [0.1, 0.15) is 45.8 Å². The van der Waals surface area contributed by atoms with E-state index in [0.29, 0.717) is 6.54 Å². The van der Waals surface area contributed by atoms with Gasteiger partial charge in [0.15, 0.2) is 0 Å². The molecule has 1 aromatic rings. The third kappa shape index (κ3) is 3.25. The molecule has 0 radical (unpaired) electrons. The monoisotopic (exact) mass is 364 g/mol. The topological polar surface area (TPSA) is 53.0 Å². The molecule has 6 heteroatoms. The van der Waals surface area contributed by atoms with E-state index in [1.54, 1.807) is 11.3 Å². The van der Waals surface area contributed by atoms with Gasteiger partial charge < -0.3 is 19.6 Å². The van der Waals surface area contributed by atoms with Crippen molar-refractivity contribution in [2.24, 2.45) is 5.92 Å². The van der Waals surface area contributed by atoms with Crippen molar-refractivity contribution >= 4 is 17.2 Å². The summed E-state index contributed by atoms with van der Waals surface area (Å²) >= 11 is 1.67. The number of hydrogen-bond donors (Lipinski definition) is 1. The van der Waals surface area contributed by atoms with Crippen LogP contribution in [0, 0.1) is 5.92 Å². The summed E-state index contributed by atoms with van der Waals surface area (Å²) in [5, 5.41) is 9.43. The third-order valence-corrected chi connectivity index (χ3v) is 7.26. The zero-order valence-electron chi connectivity index (χ0n) is 15.0. The Morgan fingerprint density at radius 3 is 2.96 bits per heavy atom. The van der Waals surface area contributed by atoms with Gasteiger partial charge in [0, 0.05) is 44.1 Å². The first-order valence-electron chi connectivity index (χ1n) is 9.47. The molecule has 1 N–H and O–H groups in total. The quantitative estimate of drug-likeness (QED) is 0.873. The molecule has 0 bridgehead atoms. The van der Waals surface area contributed by atoms with Crippen LogP contribution in [0.3, 0.4) is 0 Å². The summed E-state index contributed by atoms with van der Waals surface area (Å²) in [6.07, 6.45) is 4.95. The van der Waals surface area contributed by atoms with Gasteiger partial charge in [-0.05, 0) is 50.3 Å². The standard InChI is InChI=1S/C19H28N2O3S/c1-20-8-5-19(6-9-20)15-11-17(25-16(15)4-10-24-19)18(23)21-7-2-3-14(12-21)13-22/h11,14,22H,2-10,12-13H2,1H3. The molecule has 1 atom stereocenters. The first-order valence-corrected chi connectivity index (χ1v) is 10.3. The van der Waals surface area contributed by atoms with Crippen molar-refractivity contribution in [3.63, 3.8) is 0 Å².